The summed E-state index contributed by atoms with van der Waals surface area (Å²) in [5, 5.41) is 8.60. The summed E-state index contributed by atoms with van der Waals surface area (Å²) in [5.41, 5.74) is 10.7. The van der Waals surface area contributed by atoms with E-state index < -0.39 is 6.61 Å². The van der Waals surface area contributed by atoms with Crippen LogP contribution in [-0.2, 0) is 0 Å². The van der Waals surface area contributed by atoms with E-state index in [4.69, 9.17) is 18.0 Å². The number of hydrazone groups is 1. The van der Waals surface area contributed by atoms with Gasteiger partial charge in [-0.2, -0.15) is 19.0 Å². The third kappa shape index (κ3) is 4.85. The number of nitrogens with one attached hydrogen (secondary N) is 1. The Morgan fingerprint density at radius 3 is 2.52 bits per heavy atom. The molecule has 1 heterocycles. The van der Waals surface area contributed by atoms with Crippen molar-refractivity contribution in [2.24, 2.45) is 10.8 Å². The quantitative estimate of drug-likeness (QED) is 0.386. The van der Waals surface area contributed by atoms with E-state index >= 15 is 0 Å². The number of hydrogen-bond acceptors (Lipinski definition) is 4. The molecule has 2 aromatic carbocycles. The summed E-state index contributed by atoms with van der Waals surface area (Å²) in [6, 6.07) is 15.7. The summed E-state index contributed by atoms with van der Waals surface area (Å²) in [6.45, 7) is -2.87. The molecule has 0 spiro atoms. The number of nitrogens with zero attached hydrogens (tertiary/aromatic N) is 3. The van der Waals surface area contributed by atoms with Crippen LogP contribution in [0.4, 0.5) is 8.78 Å². The van der Waals surface area contributed by atoms with Crippen LogP contribution >= 0.6 is 12.2 Å². The summed E-state index contributed by atoms with van der Waals surface area (Å²) < 4.78 is 30.7. The first kappa shape index (κ1) is 18.5. The van der Waals surface area contributed by atoms with Gasteiger partial charge in [-0.25, -0.2) is 4.68 Å². The number of hydrogen-bond donors (Lipinski definition) is 2. The fourth-order valence-electron chi connectivity index (χ4n) is 2.38. The van der Waals surface area contributed by atoms with Gasteiger partial charge in [0.2, 0.25) is 0 Å². The van der Waals surface area contributed by atoms with Crippen molar-refractivity contribution < 1.29 is 13.5 Å². The summed E-state index contributed by atoms with van der Waals surface area (Å²) in [4.78, 5) is 0. The number of thiocarbonyl (C=S) groups is 1. The molecule has 0 aliphatic rings. The van der Waals surface area contributed by atoms with Crippen LogP contribution in [0, 0.1) is 0 Å². The Kier molecular flexibility index (Phi) is 5.72. The molecule has 3 rings (SSSR count). The molecule has 138 valence electrons. The number of halogens is 2. The summed E-state index contributed by atoms with van der Waals surface area (Å²) in [7, 11) is 0. The highest BCUT2D eigenvalue weighted by molar-refractivity contribution is 7.80. The monoisotopic (exact) mass is 387 g/mol. The molecule has 0 aliphatic carbocycles. The summed E-state index contributed by atoms with van der Waals surface area (Å²) >= 11 is 4.72. The Labute approximate surface area is 159 Å². The Morgan fingerprint density at radius 2 is 1.89 bits per heavy atom. The van der Waals surface area contributed by atoms with Gasteiger partial charge in [0.15, 0.2) is 5.11 Å². The zero-order valence-corrected chi connectivity index (χ0v) is 14.7. The third-order valence-electron chi connectivity index (χ3n) is 3.49. The highest BCUT2D eigenvalue weighted by Crippen LogP contribution is 2.25. The largest absolute Gasteiger partial charge is 0.435 e. The van der Waals surface area contributed by atoms with Crippen molar-refractivity contribution >= 4 is 23.5 Å². The van der Waals surface area contributed by atoms with Crippen molar-refractivity contribution in [2.45, 2.75) is 6.61 Å². The standard InChI is InChI=1S/C18H15F2N5OS/c19-17(20)26-15-8-6-12(7-9-15)16-13(10-22-23-18(21)27)11-25(24-16)14-4-2-1-3-5-14/h1-11,17H,(H3,21,23,27). The maximum atomic E-state index is 12.3. The third-order valence-corrected chi connectivity index (χ3v) is 3.59. The Balaban J connectivity index is 1.97. The van der Waals surface area contributed by atoms with Gasteiger partial charge in [-0.1, -0.05) is 18.2 Å². The lowest BCUT2D eigenvalue weighted by molar-refractivity contribution is -0.0498. The van der Waals surface area contributed by atoms with Crippen LogP contribution in [0.1, 0.15) is 5.56 Å². The van der Waals surface area contributed by atoms with Gasteiger partial charge in [-0.05, 0) is 48.6 Å². The predicted molar refractivity (Wildman–Crippen MR) is 103 cm³/mol. The average molecular weight is 387 g/mol. The molecule has 0 aliphatic heterocycles. The van der Waals surface area contributed by atoms with E-state index in [1.165, 1.54) is 18.3 Å². The lowest BCUT2D eigenvalue weighted by atomic mass is 10.1. The zero-order valence-electron chi connectivity index (χ0n) is 13.9. The Hall–Kier alpha value is -3.33. The molecule has 0 fully saturated rings. The van der Waals surface area contributed by atoms with Crippen molar-refractivity contribution in [3.8, 4) is 22.7 Å². The van der Waals surface area contributed by atoms with Crippen LogP contribution in [-0.4, -0.2) is 27.7 Å². The number of alkyl halides is 2. The van der Waals surface area contributed by atoms with E-state index in [0.717, 1.165) is 5.69 Å². The van der Waals surface area contributed by atoms with Gasteiger partial charge < -0.3 is 10.5 Å². The molecule has 1 aromatic heterocycles. The van der Waals surface area contributed by atoms with Gasteiger partial charge in [-0.3, -0.25) is 5.43 Å². The number of benzene rings is 2. The highest BCUT2D eigenvalue weighted by atomic mass is 32.1. The second-order valence-electron chi connectivity index (χ2n) is 5.35. The topological polar surface area (TPSA) is 77.5 Å². The molecule has 0 unspecified atom stereocenters. The maximum Gasteiger partial charge on any atom is 0.387 e. The van der Waals surface area contributed by atoms with Gasteiger partial charge in [0.1, 0.15) is 11.4 Å². The van der Waals surface area contributed by atoms with E-state index in [0.29, 0.717) is 16.8 Å². The van der Waals surface area contributed by atoms with Crippen LogP contribution in [0.2, 0.25) is 0 Å². The molecule has 0 bridgehead atoms. The lowest BCUT2D eigenvalue weighted by Gasteiger charge is -2.05. The molecule has 0 radical (unpaired) electrons. The smallest absolute Gasteiger partial charge is 0.387 e. The molecule has 3 aromatic rings. The minimum atomic E-state index is -2.87. The highest BCUT2D eigenvalue weighted by Gasteiger charge is 2.12. The number of rotatable bonds is 6. The summed E-state index contributed by atoms with van der Waals surface area (Å²) in [5.74, 6) is 0.0709. The first-order valence-electron chi connectivity index (χ1n) is 7.82. The number of ether oxygens (including phenoxy) is 1. The molecule has 6 nitrogen and oxygen atoms in total. The van der Waals surface area contributed by atoms with Crippen LogP contribution in [0.15, 0.2) is 65.9 Å². The number of para-hydroxylation sites is 1. The van der Waals surface area contributed by atoms with Crippen LogP contribution in [0.5, 0.6) is 5.75 Å². The molecule has 0 saturated heterocycles. The van der Waals surface area contributed by atoms with Gasteiger partial charge in [0, 0.05) is 17.3 Å². The number of nitrogens with two attached hydrogens (primary N) is 1. The van der Waals surface area contributed by atoms with Crippen molar-refractivity contribution in [1.29, 1.82) is 0 Å². The minimum absolute atomic E-state index is 0.0387. The van der Waals surface area contributed by atoms with Gasteiger partial charge >= 0.3 is 6.61 Å². The normalized spacial score (nSPS) is 11.1. The molecule has 3 N–H and O–H groups in total. The molecule has 0 atom stereocenters. The van der Waals surface area contributed by atoms with Crippen LogP contribution in [0.25, 0.3) is 16.9 Å². The maximum absolute atomic E-state index is 12.3. The average Bonchev–Trinajstić information content (AvgIpc) is 3.06. The van der Waals surface area contributed by atoms with Crippen molar-refractivity contribution in [2.75, 3.05) is 0 Å². The van der Waals surface area contributed by atoms with Gasteiger partial charge in [0.25, 0.3) is 0 Å². The molecular formula is C18H15F2N5OS. The molecule has 0 saturated carbocycles. The SMILES string of the molecule is NC(=S)NN=Cc1cn(-c2ccccc2)nc1-c1ccc(OC(F)F)cc1. The fourth-order valence-corrected chi connectivity index (χ4v) is 2.43. The van der Waals surface area contributed by atoms with E-state index in [1.807, 2.05) is 30.3 Å². The first-order valence-corrected chi connectivity index (χ1v) is 8.22. The minimum Gasteiger partial charge on any atom is -0.435 e. The van der Waals surface area contributed by atoms with Gasteiger partial charge in [-0.15, -0.1) is 0 Å². The second kappa shape index (κ2) is 8.37. The van der Waals surface area contributed by atoms with Crippen molar-refractivity contribution in [3.05, 3.63) is 66.4 Å². The number of aromatic nitrogens is 2. The van der Waals surface area contributed by atoms with E-state index in [2.05, 4.69) is 20.4 Å². The van der Waals surface area contributed by atoms with E-state index in [1.54, 1.807) is 23.0 Å². The first-order chi connectivity index (χ1) is 13.0. The lowest BCUT2D eigenvalue weighted by Crippen LogP contribution is -2.24. The zero-order chi connectivity index (χ0) is 19.2. The molecule has 27 heavy (non-hydrogen) atoms. The Morgan fingerprint density at radius 1 is 1.19 bits per heavy atom. The van der Waals surface area contributed by atoms with E-state index in [-0.39, 0.29) is 10.9 Å². The second-order valence-corrected chi connectivity index (χ2v) is 5.79. The molecule has 9 heteroatoms. The van der Waals surface area contributed by atoms with Crippen molar-refractivity contribution in [3.63, 3.8) is 0 Å². The molecule has 0 amide bonds. The Bertz CT molecular complexity index is 942. The van der Waals surface area contributed by atoms with Crippen molar-refractivity contribution in [1.82, 2.24) is 15.2 Å². The van der Waals surface area contributed by atoms with Crippen LogP contribution in [0.3, 0.4) is 0 Å². The summed E-state index contributed by atoms with van der Waals surface area (Å²) in [6.07, 6.45) is 3.32. The van der Waals surface area contributed by atoms with Crippen LogP contribution < -0.4 is 15.9 Å². The fraction of sp³-hybridized carbons (Fsp3) is 0.0556. The predicted octanol–water partition coefficient (Wildman–Crippen LogP) is 3.31. The molecular weight excluding hydrogens is 372 g/mol. The van der Waals surface area contributed by atoms with E-state index in [9.17, 15) is 8.78 Å². The van der Waals surface area contributed by atoms with Gasteiger partial charge in [0.05, 0.1) is 11.9 Å².